The van der Waals surface area contributed by atoms with Crippen molar-refractivity contribution in [1.82, 2.24) is 5.32 Å². The number of hydrogen-bond donors (Lipinski definition) is 1. The first-order valence-corrected chi connectivity index (χ1v) is 10.7. The second kappa shape index (κ2) is 11.6. The summed E-state index contributed by atoms with van der Waals surface area (Å²) in [6.45, 7) is 0.745. The Bertz CT molecular complexity index is 1060. The molecule has 2 aromatic carbocycles. The molecule has 1 saturated carbocycles. The number of nitrogens with one attached hydrogen (secondary N) is 1. The Morgan fingerprint density at radius 1 is 1.00 bits per heavy atom. The van der Waals surface area contributed by atoms with Gasteiger partial charge in [0.15, 0.2) is 0 Å². The molecule has 0 aromatic heterocycles. The van der Waals surface area contributed by atoms with Crippen LogP contribution in [0.3, 0.4) is 0 Å². The Hall–Kier alpha value is -3.97. The Morgan fingerprint density at radius 3 is 2.21 bits per heavy atom. The minimum atomic E-state index is -0.517. The summed E-state index contributed by atoms with van der Waals surface area (Å²) in [6.07, 6.45) is 0.971. The van der Waals surface area contributed by atoms with Crippen molar-refractivity contribution >= 4 is 23.3 Å². The van der Waals surface area contributed by atoms with Crippen LogP contribution in [0.5, 0.6) is 11.5 Å². The maximum atomic E-state index is 12.4. The van der Waals surface area contributed by atoms with E-state index in [0.29, 0.717) is 36.6 Å². The SMILES string of the molecule is [N-]=[N+]=NCCCNC(=O)c1ccc(Oc2ccc(CC(=O)C3CC(=O)CC(=O)C3)cc2)cc1. The molecule has 0 heterocycles. The third kappa shape index (κ3) is 7.29. The molecule has 0 saturated heterocycles. The predicted molar refractivity (Wildman–Crippen MR) is 120 cm³/mol. The molecule has 0 aliphatic heterocycles. The van der Waals surface area contributed by atoms with Gasteiger partial charge in [-0.05, 0) is 53.9 Å². The van der Waals surface area contributed by atoms with E-state index >= 15 is 0 Å². The van der Waals surface area contributed by atoms with Crippen LogP contribution in [-0.2, 0) is 20.8 Å². The van der Waals surface area contributed by atoms with Gasteiger partial charge in [0, 0.05) is 48.7 Å². The molecular formula is C24H24N4O5. The molecule has 1 N–H and O–H groups in total. The maximum absolute atomic E-state index is 12.4. The van der Waals surface area contributed by atoms with Crippen LogP contribution in [0.4, 0.5) is 0 Å². The molecule has 1 amide bonds. The molecule has 9 heteroatoms. The normalized spacial score (nSPS) is 13.8. The molecule has 0 spiro atoms. The number of benzene rings is 2. The van der Waals surface area contributed by atoms with Crippen LogP contribution >= 0.6 is 0 Å². The molecule has 3 rings (SSSR count). The third-order valence-electron chi connectivity index (χ3n) is 5.24. The van der Waals surface area contributed by atoms with Crippen molar-refractivity contribution in [3.8, 4) is 11.5 Å². The predicted octanol–water partition coefficient (Wildman–Crippen LogP) is 3.96. The quantitative estimate of drug-likeness (QED) is 0.193. The fourth-order valence-corrected chi connectivity index (χ4v) is 3.54. The Labute approximate surface area is 190 Å². The average molecular weight is 448 g/mol. The van der Waals surface area contributed by atoms with Gasteiger partial charge in [-0.1, -0.05) is 17.2 Å². The Kier molecular flexibility index (Phi) is 8.32. The summed E-state index contributed by atoms with van der Waals surface area (Å²) < 4.78 is 5.79. The summed E-state index contributed by atoms with van der Waals surface area (Å²) >= 11 is 0. The fourth-order valence-electron chi connectivity index (χ4n) is 3.54. The number of ether oxygens (including phenoxy) is 1. The van der Waals surface area contributed by atoms with Crippen molar-refractivity contribution in [3.05, 3.63) is 70.1 Å². The molecule has 2 aromatic rings. The second-order valence-corrected chi connectivity index (χ2v) is 7.84. The van der Waals surface area contributed by atoms with E-state index in [4.69, 9.17) is 10.3 Å². The lowest BCUT2D eigenvalue weighted by Gasteiger charge is -2.18. The third-order valence-corrected chi connectivity index (χ3v) is 5.24. The Balaban J connectivity index is 1.49. The summed E-state index contributed by atoms with van der Waals surface area (Å²) in [6, 6.07) is 13.7. The molecule has 1 fully saturated rings. The van der Waals surface area contributed by atoms with Crippen molar-refractivity contribution in [3.63, 3.8) is 0 Å². The number of carbonyl (C=O) groups excluding carboxylic acids is 4. The van der Waals surface area contributed by atoms with Crippen molar-refractivity contribution < 1.29 is 23.9 Å². The first-order chi connectivity index (χ1) is 15.9. The summed E-state index contributed by atoms with van der Waals surface area (Å²) in [5.74, 6) is -0.0437. The highest BCUT2D eigenvalue weighted by molar-refractivity contribution is 6.05. The molecule has 0 atom stereocenters. The van der Waals surface area contributed by atoms with Crippen molar-refractivity contribution in [1.29, 1.82) is 0 Å². The van der Waals surface area contributed by atoms with E-state index in [1.807, 2.05) is 0 Å². The average Bonchev–Trinajstić information content (AvgIpc) is 2.80. The van der Waals surface area contributed by atoms with Gasteiger partial charge in [0.25, 0.3) is 5.91 Å². The van der Waals surface area contributed by atoms with E-state index in [9.17, 15) is 19.2 Å². The summed E-state index contributed by atoms with van der Waals surface area (Å²) in [4.78, 5) is 50.4. The number of rotatable bonds is 10. The van der Waals surface area contributed by atoms with Gasteiger partial charge in [0.1, 0.15) is 28.8 Å². The monoisotopic (exact) mass is 448 g/mol. The van der Waals surface area contributed by atoms with Crippen LogP contribution < -0.4 is 10.1 Å². The van der Waals surface area contributed by atoms with Crippen LogP contribution in [0.15, 0.2) is 53.6 Å². The molecule has 33 heavy (non-hydrogen) atoms. The molecule has 0 bridgehead atoms. The number of nitrogens with zero attached hydrogens (tertiary/aromatic N) is 3. The van der Waals surface area contributed by atoms with Crippen molar-refractivity contribution in [2.45, 2.75) is 32.1 Å². The molecule has 1 aliphatic rings. The van der Waals surface area contributed by atoms with E-state index in [2.05, 4.69) is 15.3 Å². The number of carbonyl (C=O) groups is 4. The largest absolute Gasteiger partial charge is 0.457 e. The van der Waals surface area contributed by atoms with Gasteiger partial charge in [-0.3, -0.25) is 19.2 Å². The minimum absolute atomic E-state index is 0.0552. The van der Waals surface area contributed by atoms with E-state index in [1.54, 1.807) is 48.5 Å². The topological polar surface area (TPSA) is 138 Å². The maximum Gasteiger partial charge on any atom is 0.251 e. The zero-order valence-corrected chi connectivity index (χ0v) is 18.0. The van der Waals surface area contributed by atoms with Gasteiger partial charge in [-0.25, -0.2) is 0 Å². The van der Waals surface area contributed by atoms with Gasteiger partial charge in [0.05, 0.1) is 6.42 Å². The number of Topliss-reactive ketones (excluding diaryl/α,β-unsaturated/α-hetero) is 3. The van der Waals surface area contributed by atoms with Crippen LogP contribution in [0.1, 0.15) is 41.6 Å². The number of amides is 1. The molecule has 9 nitrogen and oxygen atoms in total. The molecule has 1 aliphatic carbocycles. The van der Waals surface area contributed by atoms with Crippen LogP contribution in [-0.4, -0.2) is 36.3 Å². The van der Waals surface area contributed by atoms with Crippen LogP contribution in [0, 0.1) is 5.92 Å². The Morgan fingerprint density at radius 2 is 1.61 bits per heavy atom. The van der Waals surface area contributed by atoms with Crippen molar-refractivity contribution in [2.75, 3.05) is 13.1 Å². The van der Waals surface area contributed by atoms with Crippen molar-refractivity contribution in [2.24, 2.45) is 11.0 Å². The zero-order valence-electron chi connectivity index (χ0n) is 18.0. The summed E-state index contributed by atoms with van der Waals surface area (Å²) in [7, 11) is 0. The van der Waals surface area contributed by atoms with E-state index in [-0.39, 0.29) is 48.9 Å². The zero-order chi connectivity index (χ0) is 23.6. The smallest absolute Gasteiger partial charge is 0.251 e. The van der Waals surface area contributed by atoms with Crippen LogP contribution in [0.2, 0.25) is 0 Å². The molecule has 0 radical (unpaired) electrons. The van der Waals surface area contributed by atoms with Gasteiger partial charge >= 0.3 is 0 Å². The van der Waals surface area contributed by atoms with Gasteiger partial charge in [-0.2, -0.15) is 0 Å². The first kappa shape index (κ1) is 23.7. The highest BCUT2D eigenvalue weighted by Gasteiger charge is 2.30. The fraction of sp³-hybridized carbons (Fsp3) is 0.333. The number of ketones is 3. The summed E-state index contributed by atoms with van der Waals surface area (Å²) in [5.41, 5.74) is 9.49. The lowest BCUT2D eigenvalue weighted by atomic mass is 9.83. The van der Waals surface area contributed by atoms with Crippen LogP contribution in [0.25, 0.3) is 10.4 Å². The van der Waals surface area contributed by atoms with E-state index < -0.39 is 5.92 Å². The van der Waals surface area contributed by atoms with E-state index in [1.165, 1.54) is 0 Å². The van der Waals surface area contributed by atoms with E-state index in [0.717, 1.165) is 5.56 Å². The summed E-state index contributed by atoms with van der Waals surface area (Å²) in [5, 5.41) is 6.16. The number of hydrogen-bond acceptors (Lipinski definition) is 6. The molecule has 0 unspecified atom stereocenters. The minimum Gasteiger partial charge on any atom is -0.457 e. The standard InChI is InChI=1S/C24H24N4O5/c25-28-27-11-1-10-26-24(32)17-4-8-22(9-5-17)33-21-6-2-16(3-7-21)12-23(31)18-13-19(29)15-20(30)14-18/h2-9,18H,1,10-15H2,(H,26,32). The first-order valence-electron chi connectivity index (χ1n) is 10.7. The van der Waals surface area contributed by atoms with Gasteiger partial charge in [0.2, 0.25) is 0 Å². The molecule has 170 valence electrons. The van der Waals surface area contributed by atoms with Gasteiger partial charge in [-0.15, -0.1) is 0 Å². The molecular weight excluding hydrogens is 424 g/mol. The second-order valence-electron chi connectivity index (χ2n) is 7.84. The van der Waals surface area contributed by atoms with Gasteiger partial charge < -0.3 is 10.1 Å². The highest BCUT2D eigenvalue weighted by Crippen LogP contribution is 2.24. The lowest BCUT2D eigenvalue weighted by Crippen LogP contribution is -2.29. The lowest BCUT2D eigenvalue weighted by molar-refractivity contribution is -0.136. The highest BCUT2D eigenvalue weighted by atomic mass is 16.5. The number of azide groups is 1.